The Balaban J connectivity index is 1.85. The van der Waals surface area contributed by atoms with E-state index in [0.717, 1.165) is 0 Å². The van der Waals surface area contributed by atoms with Crippen molar-refractivity contribution in [1.82, 2.24) is 0 Å². The fraction of sp³-hybridized carbons (Fsp3) is 0.222. The van der Waals surface area contributed by atoms with E-state index < -0.39 is 16.8 Å². The molecule has 0 aliphatic heterocycles. The third-order valence-electron chi connectivity index (χ3n) is 3.16. The lowest BCUT2D eigenvalue weighted by atomic mass is 10.2. The molecule has 0 heterocycles. The van der Waals surface area contributed by atoms with E-state index in [2.05, 4.69) is 5.32 Å². The Morgan fingerprint density at radius 1 is 1.08 bits per heavy atom. The highest BCUT2D eigenvalue weighted by Gasteiger charge is 2.10. The van der Waals surface area contributed by atoms with E-state index in [4.69, 9.17) is 9.47 Å². The highest BCUT2D eigenvalue weighted by Crippen LogP contribution is 2.17. The molecule has 0 radical (unpaired) electrons. The number of esters is 1. The van der Waals surface area contributed by atoms with Gasteiger partial charge in [0.2, 0.25) is 0 Å². The average Bonchev–Trinajstić information content (AvgIpc) is 2.60. The summed E-state index contributed by atoms with van der Waals surface area (Å²) in [7, 11) is 0. The molecule has 0 unspecified atom stereocenters. The molecule has 0 aromatic heterocycles. The maximum atomic E-state index is 11.9. The van der Waals surface area contributed by atoms with Gasteiger partial charge in [-0.1, -0.05) is 0 Å². The molecule has 2 aromatic carbocycles. The number of nitro groups is 1. The van der Waals surface area contributed by atoms with Crippen molar-refractivity contribution in [3.8, 4) is 5.75 Å². The fourth-order valence-electron chi connectivity index (χ4n) is 1.98. The lowest BCUT2D eigenvalue weighted by molar-refractivity contribution is -0.384. The van der Waals surface area contributed by atoms with Crippen molar-refractivity contribution >= 4 is 23.3 Å². The Bertz CT molecular complexity index is 784. The zero-order valence-corrected chi connectivity index (χ0v) is 14.3. The number of nitro benzene ring substituents is 1. The standard InChI is InChI=1S/C18H18N2O6/c1-12(2)26-18(22)13-3-5-14(6-4-13)19-17(21)11-25-16-9-7-15(8-10-16)20(23)24/h3-10,12H,11H2,1-2H3,(H,19,21). The summed E-state index contributed by atoms with van der Waals surface area (Å²) in [5.74, 6) is -0.488. The zero-order chi connectivity index (χ0) is 19.1. The summed E-state index contributed by atoms with van der Waals surface area (Å²) in [5, 5.41) is 13.2. The molecule has 136 valence electrons. The Morgan fingerprint density at radius 2 is 1.69 bits per heavy atom. The Morgan fingerprint density at radius 3 is 2.23 bits per heavy atom. The SMILES string of the molecule is CC(C)OC(=O)c1ccc(NC(=O)COc2ccc([N+](=O)[O-])cc2)cc1. The van der Waals surface area contributed by atoms with Gasteiger partial charge in [0.05, 0.1) is 16.6 Å². The van der Waals surface area contributed by atoms with Gasteiger partial charge in [0, 0.05) is 17.8 Å². The van der Waals surface area contributed by atoms with Crippen molar-refractivity contribution in [2.45, 2.75) is 20.0 Å². The van der Waals surface area contributed by atoms with Crippen LogP contribution >= 0.6 is 0 Å². The van der Waals surface area contributed by atoms with Crippen LogP contribution in [0.3, 0.4) is 0 Å². The Kier molecular flexibility index (Phi) is 6.26. The minimum absolute atomic E-state index is 0.0575. The van der Waals surface area contributed by atoms with Crippen LogP contribution in [0.1, 0.15) is 24.2 Å². The Labute approximate surface area is 149 Å². The van der Waals surface area contributed by atoms with Crippen molar-refractivity contribution < 1.29 is 24.0 Å². The van der Waals surface area contributed by atoms with Crippen LogP contribution in [0, 0.1) is 10.1 Å². The molecular weight excluding hydrogens is 340 g/mol. The number of nitrogens with one attached hydrogen (secondary N) is 1. The number of hydrogen-bond donors (Lipinski definition) is 1. The lowest BCUT2D eigenvalue weighted by Gasteiger charge is -2.09. The molecule has 8 nitrogen and oxygen atoms in total. The van der Waals surface area contributed by atoms with Gasteiger partial charge in [-0.05, 0) is 50.2 Å². The van der Waals surface area contributed by atoms with Crippen molar-refractivity contribution in [2.75, 3.05) is 11.9 Å². The first-order chi connectivity index (χ1) is 12.3. The van der Waals surface area contributed by atoms with Gasteiger partial charge in [0.15, 0.2) is 6.61 Å². The van der Waals surface area contributed by atoms with E-state index in [1.165, 1.54) is 24.3 Å². The van der Waals surface area contributed by atoms with E-state index in [0.29, 0.717) is 17.0 Å². The summed E-state index contributed by atoms with van der Waals surface area (Å²) >= 11 is 0. The van der Waals surface area contributed by atoms with Gasteiger partial charge in [0.1, 0.15) is 5.75 Å². The quantitative estimate of drug-likeness (QED) is 0.463. The van der Waals surface area contributed by atoms with E-state index in [1.807, 2.05) is 0 Å². The van der Waals surface area contributed by atoms with Crippen molar-refractivity contribution in [3.63, 3.8) is 0 Å². The first kappa shape index (κ1) is 18.9. The summed E-state index contributed by atoms with van der Waals surface area (Å²) in [4.78, 5) is 33.7. The first-order valence-electron chi connectivity index (χ1n) is 7.83. The van der Waals surface area contributed by atoms with Gasteiger partial charge in [-0.15, -0.1) is 0 Å². The molecule has 1 N–H and O–H groups in total. The monoisotopic (exact) mass is 358 g/mol. The van der Waals surface area contributed by atoms with Crippen LogP contribution in [0.2, 0.25) is 0 Å². The molecule has 2 rings (SSSR count). The highest BCUT2D eigenvalue weighted by atomic mass is 16.6. The Hall–Kier alpha value is -3.42. The number of hydrogen-bond acceptors (Lipinski definition) is 6. The van der Waals surface area contributed by atoms with Gasteiger partial charge >= 0.3 is 5.97 Å². The normalized spacial score (nSPS) is 10.3. The van der Waals surface area contributed by atoms with Crippen LogP contribution < -0.4 is 10.1 Å². The molecule has 0 saturated heterocycles. The molecule has 2 aromatic rings. The zero-order valence-electron chi connectivity index (χ0n) is 14.3. The van der Waals surface area contributed by atoms with Gasteiger partial charge in [0.25, 0.3) is 11.6 Å². The topological polar surface area (TPSA) is 108 Å². The number of anilines is 1. The predicted octanol–water partition coefficient (Wildman–Crippen LogP) is 3.18. The summed E-state index contributed by atoms with van der Waals surface area (Å²) in [6.07, 6.45) is -0.210. The third kappa shape index (κ3) is 5.59. The summed E-state index contributed by atoms with van der Waals surface area (Å²) < 4.78 is 10.4. The molecule has 0 spiro atoms. The van der Waals surface area contributed by atoms with Crippen molar-refractivity contribution in [3.05, 3.63) is 64.2 Å². The number of amides is 1. The molecule has 0 atom stereocenters. The second-order valence-electron chi connectivity index (χ2n) is 5.62. The molecule has 0 bridgehead atoms. The molecule has 0 fully saturated rings. The smallest absolute Gasteiger partial charge is 0.338 e. The fourth-order valence-corrected chi connectivity index (χ4v) is 1.98. The van der Waals surface area contributed by atoms with Crippen LogP contribution in [-0.4, -0.2) is 29.5 Å². The van der Waals surface area contributed by atoms with Crippen molar-refractivity contribution in [2.24, 2.45) is 0 Å². The van der Waals surface area contributed by atoms with Gasteiger partial charge in [-0.3, -0.25) is 14.9 Å². The van der Waals surface area contributed by atoms with E-state index in [9.17, 15) is 19.7 Å². The van der Waals surface area contributed by atoms with Crippen LogP contribution in [0.4, 0.5) is 11.4 Å². The number of non-ortho nitro benzene ring substituents is 1. The second-order valence-corrected chi connectivity index (χ2v) is 5.62. The maximum absolute atomic E-state index is 11.9. The third-order valence-corrected chi connectivity index (χ3v) is 3.16. The second kappa shape index (κ2) is 8.61. The van der Waals surface area contributed by atoms with Gasteiger partial charge < -0.3 is 14.8 Å². The number of benzene rings is 2. The molecule has 0 saturated carbocycles. The van der Waals surface area contributed by atoms with E-state index in [1.54, 1.807) is 38.1 Å². The van der Waals surface area contributed by atoms with Crippen LogP contribution in [0.15, 0.2) is 48.5 Å². The largest absolute Gasteiger partial charge is 0.484 e. The molecule has 0 aliphatic rings. The maximum Gasteiger partial charge on any atom is 0.338 e. The van der Waals surface area contributed by atoms with Crippen LogP contribution in [-0.2, 0) is 9.53 Å². The number of carbonyl (C=O) groups is 2. The predicted molar refractivity (Wildman–Crippen MR) is 94.2 cm³/mol. The number of ether oxygens (including phenoxy) is 2. The molecule has 8 heteroatoms. The van der Waals surface area contributed by atoms with E-state index >= 15 is 0 Å². The molecule has 1 amide bonds. The summed E-state index contributed by atoms with van der Waals surface area (Å²) in [5.41, 5.74) is 0.833. The number of rotatable bonds is 7. The minimum atomic E-state index is -0.517. The van der Waals surface area contributed by atoms with Crippen molar-refractivity contribution in [1.29, 1.82) is 0 Å². The number of nitrogens with zero attached hydrogens (tertiary/aromatic N) is 1. The molecular formula is C18H18N2O6. The highest BCUT2D eigenvalue weighted by molar-refractivity contribution is 5.93. The van der Waals surface area contributed by atoms with Crippen LogP contribution in [0.25, 0.3) is 0 Å². The minimum Gasteiger partial charge on any atom is -0.484 e. The van der Waals surface area contributed by atoms with Crippen LogP contribution in [0.5, 0.6) is 5.75 Å². The number of carbonyl (C=O) groups excluding carboxylic acids is 2. The summed E-state index contributed by atoms with van der Waals surface area (Å²) in [6, 6.07) is 11.7. The molecule has 0 aliphatic carbocycles. The lowest BCUT2D eigenvalue weighted by Crippen LogP contribution is -2.20. The summed E-state index contributed by atoms with van der Waals surface area (Å²) in [6.45, 7) is 3.27. The first-order valence-corrected chi connectivity index (χ1v) is 7.83. The van der Waals surface area contributed by atoms with Gasteiger partial charge in [-0.2, -0.15) is 0 Å². The van der Waals surface area contributed by atoms with E-state index in [-0.39, 0.29) is 18.4 Å². The molecule has 26 heavy (non-hydrogen) atoms. The average molecular weight is 358 g/mol. The van der Waals surface area contributed by atoms with Gasteiger partial charge in [-0.25, -0.2) is 4.79 Å².